The van der Waals surface area contributed by atoms with Crippen molar-refractivity contribution >= 4 is 10.0 Å². The number of nitrogens with zero attached hydrogens (tertiary/aromatic N) is 2. The van der Waals surface area contributed by atoms with Gasteiger partial charge in [-0.15, -0.1) is 0 Å². The zero-order chi connectivity index (χ0) is 17.2. The fourth-order valence-electron chi connectivity index (χ4n) is 3.80. The van der Waals surface area contributed by atoms with Gasteiger partial charge in [0.2, 0.25) is 10.0 Å². The lowest BCUT2D eigenvalue weighted by Gasteiger charge is -2.36. The number of aryl methyl sites for hydroxylation is 1. The van der Waals surface area contributed by atoms with Gasteiger partial charge in [-0.3, -0.25) is 0 Å². The first-order chi connectivity index (χ1) is 11.4. The number of rotatable bonds is 4. The summed E-state index contributed by atoms with van der Waals surface area (Å²) < 4.78 is 27.2. The molecule has 1 aromatic rings. The Labute approximate surface area is 146 Å². The molecule has 0 saturated carbocycles. The van der Waals surface area contributed by atoms with Crippen molar-refractivity contribution in [3.8, 4) is 0 Å². The van der Waals surface area contributed by atoms with Gasteiger partial charge in [0.15, 0.2) is 0 Å². The van der Waals surface area contributed by atoms with E-state index in [1.807, 2.05) is 19.1 Å². The molecule has 0 N–H and O–H groups in total. The molecule has 0 aliphatic carbocycles. The Morgan fingerprint density at radius 3 is 2.12 bits per heavy atom. The molecule has 2 saturated heterocycles. The number of benzene rings is 1. The molecule has 0 aromatic heterocycles. The van der Waals surface area contributed by atoms with E-state index in [4.69, 9.17) is 0 Å². The molecule has 0 amide bonds. The average molecular weight is 351 g/mol. The lowest BCUT2D eigenvalue weighted by atomic mass is 9.94. The third-order valence-electron chi connectivity index (χ3n) is 5.62. The Hall–Kier alpha value is -0.910. The standard InChI is InChI=1S/C19H30N2O2S/c1-16-3-5-19(6-4-16)24(22,23)21-13-9-18(10-14-21)15-20-11-7-17(2)8-12-20/h3-6,17-18H,7-15H2,1-2H3. The van der Waals surface area contributed by atoms with E-state index in [2.05, 4.69) is 11.8 Å². The lowest BCUT2D eigenvalue weighted by molar-refractivity contribution is 0.142. The maximum Gasteiger partial charge on any atom is 0.243 e. The first-order valence-electron chi connectivity index (χ1n) is 9.24. The molecule has 2 aliphatic rings. The molecular weight excluding hydrogens is 320 g/mol. The van der Waals surface area contributed by atoms with Gasteiger partial charge in [-0.25, -0.2) is 8.42 Å². The Morgan fingerprint density at radius 1 is 0.958 bits per heavy atom. The van der Waals surface area contributed by atoms with Crippen LogP contribution in [0.4, 0.5) is 0 Å². The van der Waals surface area contributed by atoms with Gasteiger partial charge in [0.05, 0.1) is 4.90 Å². The summed E-state index contributed by atoms with van der Waals surface area (Å²) in [5, 5.41) is 0. The topological polar surface area (TPSA) is 40.6 Å². The van der Waals surface area contributed by atoms with Crippen LogP contribution in [0.2, 0.25) is 0 Å². The van der Waals surface area contributed by atoms with Crippen LogP contribution in [0.1, 0.15) is 38.2 Å². The van der Waals surface area contributed by atoms with Crippen molar-refractivity contribution in [1.29, 1.82) is 0 Å². The molecule has 0 unspecified atom stereocenters. The van der Waals surface area contributed by atoms with Crippen LogP contribution in [0.5, 0.6) is 0 Å². The predicted molar refractivity (Wildman–Crippen MR) is 97.5 cm³/mol. The summed E-state index contributed by atoms with van der Waals surface area (Å²) in [6, 6.07) is 7.20. The molecule has 134 valence electrons. The second-order valence-electron chi connectivity index (χ2n) is 7.64. The van der Waals surface area contributed by atoms with E-state index in [1.165, 1.54) is 25.9 Å². The van der Waals surface area contributed by atoms with Gasteiger partial charge in [-0.1, -0.05) is 24.6 Å². The zero-order valence-corrected chi connectivity index (χ0v) is 15.8. The van der Waals surface area contributed by atoms with Gasteiger partial charge >= 0.3 is 0 Å². The van der Waals surface area contributed by atoms with Crippen molar-refractivity contribution in [2.45, 2.75) is 44.4 Å². The number of piperidine rings is 2. The van der Waals surface area contributed by atoms with Gasteiger partial charge in [0.25, 0.3) is 0 Å². The van der Waals surface area contributed by atoms with Gasteiger partial charge in [0, 0.05) is 19.6 Å². The molecule has 5 heteroatoms. The fourth-order valence-corrected chi connectivity index (χ4v) is 5.27. The van der Waals surface area contributed by atoms with Crippen LogP contribution in [0.25, 0.3) is 0 Å². The predicted octanol–water partition coefficient (Wildman–Crippen LogP) is 3.13. The first-order valence-corrected chi connectivity index (χ1v) is 10.7. The minimum Gasteiger partial charge on any atom is -0.303 e. The van der Waals surface area contributed by atoms with E-state index in [0.29, 0.717) is 23.9 Å². The molecule has 0 atom stereocenters. The highest BCUT2D eigenvalue weighted by Crippen LogP contribution is 2.26. The molecule has 2 heterocycles. The highest BCUT2D eigenvalue weighted by atomic mass is 32.2. The number of hydrogen-bond acceptors (Lipinski definition) is 3. The van der Waals surface area contributed by atoms with Crippen LogP contribution in [-0.2, 0) is 10.0 Å². The third kappa shape index (κ3) is 4.19. The van der Waals surface area contributed by atoms with Crippen LogP contribution in [0, 0.1) is 18.8 Å². The van der Waals surface area contributed by atoms with Gasteiger partial charge in [-0.05, 0) is 69.7 Å². The van der Waals surface area contributed by atoms with Crippen molar-refractivity contribution in [2.75, 3.05) is 32.7 Å². The Balaban J connectivity index is 1.53. The normalized spacial score (nSPS) is 22.8. The second-order valence-corrected chi connectivity index (χ2v) is 9.58. The highest BCUT2D eigenvalue weighted by molar-refractivity contribution is 7.89. The first kappa shape index (κ1) is 17.9. The van der Waals surface area contributed by atoms with Gasteiger partial charge < -0.3 is 4.90 Å². The van der Waals surface area contributed by atoms with Crippen molar-refractivity contribution < 1.29 is 8.42 Å². The van der Waals surface area contributed by atoms with Crippen molar-refractivity contribution in [3.63, 3.8) is 0 Å². The molecule has 2 fully saturated rings. The monoisotopic (exact) mass is 350 g/mol. The number of sulfonamides is 1. The maximum atomic E-state index is 12.7. The molecule has 0 bridgehead atoms. The quantitative estimate of drug-likeness (QED) is 0.838. The summed E-state index contributed by atoms with van der Waals surface area (Å²) in [6.07, 6.45) is 4.58. The summed E-state index contributed by atoms with van der Waals surface area (Å²) in [5.41, 5.74) is 1.09. The summed E-state index contributed by atoms with van der Waals surface area (Å²) >= 11 is 0. The average Bonchev–Trinajstić information content (AvgIpc) is 2.58. The Kier molecular flexibility index (Phi) is 5.63. The van der Waals surface area contributed by atoms with Crippen LogP contribution in [0.3, 0.4) is 0 Å². The smallest absolute Gasteiger partial charge is 0.243 e. The molecule has 4 nitrogen and oxygen atoms in total. The van der Waals surface area contributed by atoms with E-state index >= 15 is 0 Å². The fraction of sp³-hybridized carbons (Fsp3) is 0.684. The summed E-state index contributed by atoms with van der Waals surface area (Å²) in [5.74, 6) is 1.51. The third-order valence-corrected chi connectivity index (χ3v) is 7.54. The van der Waals surface area contributed by atoms with E-state index in [9.17, 15) is 8.42 Å². The minimum absolute atomic E-state index is 0.427. The van der Waals surface area contributed by atoms with Crippen LogP contribution in [0.15, 0.2) is 29.2 Å². The number of hydrogen-bond donors (Lipinski definition) is 0. The minimum atomic E-state index is -3.32. The molecule has 1 aromatic carbocycles. The largest absolute Gasteiger partial charge is 0.303 e. The molecule has 0 spiro atoms. The van der Waals surface area contributed by atoms with Crippen LogP contribution < -0.4 is 0 Å². The molecule has 0 radical (unpaired) electrons. The second kappa shape index (κ2) is 7.54. The molecule has 3 rings (SSSR count). The van der Waals surface area contributed by atoms with E-state index in [1.54, 1.807) is 16.4 Å². The molecular formula is C19H30N2O2S. The highest BCUT2D eigenvalue weighted by Gasteiger charge is 2.30. The SMILES string of the molecule is Cc1ccc(S(=O)(=O)N2CCC(CN3CCC(C)CC3)CC2)cc1. The van der Waals surface area contributed by atoms with E-state index < -0.39 is 10.0 Å². The van der Waals surface area contributed by atoms with Gasteiger partial charge in [0.1, 0.15) is 0 Å². The van der Waals surface area contributed by atoms with Crippen molar-refractivity contribution in [2.24, 2.45) is 11.8 Å². The Bertz CT molecular complexity index is 626. The lowest BCUT2D eigenvalue weighted by Crippen LogP contribution is -2.43. The summed E-state index contributed by atoms with van der Waals surface area (Å²) in [4.78, 5) is 3.01. The Morgan fingerprint density at radius 2 is 1.54 bits per heavy atom. The summed E-state index contributed by atoms with van der Waals surface area (Å²) in [6.45, 7) is 9.20. The van der Waals surface area contributed by atoms with Crippen LogP contribution in [-0.4, -0.2) is 50.3 Å². The maximum absolute atomic E-state index is 12.7. The van der Waals surface area contributed by atoms with Gasteiger partial charge in [-0.2, -0.15) is 4.31 Å². The number of likely N-dealkylation sites (tertiary alicyclic amines) is 1. The van der Waals surface area contributed by atoms with Crippen molar-refractivity contribution in [3.05, 3.63) is 29.8 Å². The molecule has 2 aliphatic heterocycles. The molecule has 24 heavy (non-hydrogen) atoms. The van der Waals surface area contributed by atoms with E-state index in [0.717, 1.165) is 30.9 Å². The van der Waals surface area contributed by atoms with Crippen molar-refractivity contribution in [1.82, 2.24) is 9.21 Å². The summed E-state index contributed by atoms with van der Waals surface area (Å²) in [7, 11) is -3.32. The van der Waals surface area contributed by atoms with Crippen LogP contribution >= 0.6 is 0 Å². The zero-order valence-electron chi connectivity index (χ0n) is 14.9. The van der Waals surface area contributed by atoms with E-state index in [-0.39, 0.29) is 0 Å².